The molecule has 0 rings (SSSR count). The molecule has 58 valence electrons. The van der Waals surface area contributed by atoms with Crippen LogP contribution in [0, 0.1) is 11.3 Å². The lowest BCUT2D eigenvalue weighted by molar-refractivity contribution is 0.362. The third-order valence-electron chi connectivity index (χ3n) is 1.48. The third-order valence-corrected chi connectivity index (χ3v) is 1.48. The van der Waals surface area contributed by atoms with Crippen molar-refractivity contribution < 1.29 is 0 Å². The molecule has 0 aliphatic carbocycles. The Hall–Kier alpha value is -0.550. The van der Waals surface area contributed by atoms with Crippen LogP contribution in [0.1, 0.15) is 26.2 Å². The van der Waals surface area contributed by atoms with Crippen molar-refractivity contribution >= 4 is 0 Å². The molecular weight excluding hydrogens is 124 g/mol. The summed E-state index contributed by atoms with van der Waals surface area (Å²) in [4.78, 5) is 2.05. The lowest BCUT2D eigenvalue weighted by atomic mass is 10.2. The molecule has 0 saturated carbocycles. The molecule has 0 heterocycles. The molecule has 0 aliphatic rings. The van der Waals surface area contributed by atoms with Gasteiger partial charge >= 0.3 is 0 Å². The number of unbranched alkanes of at least 4 members (excludes halogenated alkanes) is 2. The van der Waals surface area contributed by atoms with Gasteiger partial charge in [-0.3, -0.25) is 4.90 Å². The highest BCUT2D eigenvalue weighted by atomic mass is 15.1. The second-order valence-corrected chi connectivity index (χ2v) is 2.60. The van der Waals surface area contributed by atoms with Gasteiger partial charge in [-0.1, -0.05) is 19.8 Å². The zero-order valence-electron chi connectivity index (χ0n) is 6.93. The van der Waals surface area contributed by atoms with Crippen molar-refractivity contribution in [3.05, 3.63) is 0 Å². The second kappa shape index (κ2) is 6.57. The first-order chi connectivity index (χ1) is 4.81. The maximum atomic E-state index is 8.30. The maximum absolute atomic E-state index is 8.30. The molecule has 0 fully saturated rings. The monoisotopic (exact) mass is 140 g/mol. The molecule has 0 N–H and O–H groups in total. The SMILES string of the molecule is CCCCCN(C)CC#N. The first-order valence-corrected chi connectivity index (χ1v) is 3.86. The molecule has 0 aliphatic heterocycles. The van der Waals surface area contributed by atoms with Crippen molar-refractivity contribution in [3.8, 4) is 6.07 Å². The van der Waals surface area contributed by atoms with Gasteiger partial charge < -0.3 is 0 Å². The molecule has 0 amide bonds. The van der Waals surface area contributed by atoms with E-state index in [1.54, 1.807) is 0 Å². The number of hydrogen-bond acceptors (Lipinski definition) is 2. The van der Waals surface area contributed by atoms with E-state index < -0.39 is 0 Å². The fourth-order valence-electron chi connectivity index (χ4n) is 0.831. The van der Waals surface area contributed by atoms with E-state index in [4.69, 9.17) is 5.26 Å². The number of nitriles is 1. The topological polar surface area (TPSA) is 27.0 Å². The van der Waals surface area contributed by atoms with Crippen LogP contribution in [0.4, 0.5) is 0 Å². The summed E-state index contributed by atoms with van der Waals surface area (Å²) in [6.07, 6.45) is 3.74. The summed E-state index contributed by atoms with van der Waals surface area (Å²) in [6, 6.07) is 2.12. The third kappa shape index (κ3) is 5.58. The average molecular weight is 140 g/mol. The van der Waals surface area contributed by atoms with E-state index >= 15 is 0 Å². The standard InChI is InChI=1S/C8H16N2/c1-3-4-5-7-10(2)8-6-9/h3-5,7-8H2,1-2H3. The molecule has 10 heavy (non-hydrogen) atoms. The summed E-state index contributed by atoms with van der Waals surface area (Å²) < 4.78 is 0. The second-order valence-electron chi connectivity index (χ2n) is 2.60. The predicted molar refractivity (Wildman–Crippen MR) is 42.6 cm³/mol. The fourth-order valence-corrected chi connectivity index (χ4v) is 0.831. The zero-order valence-corrected chi connectivity index (χ0v) is 6.93. The van der Waals surface area contributed by atoms with Crippen molar-refractivity contribution in [3.63, 3.8) is 0 Å². The Kier molecular flexibility index (Phi) is 6.21. The highest BCUT2D eigenvalue weighted by Crippen LogP contribution is 1.94. The van der Waals surface area contributed by atoms with Crippen LogP contribution >= 0.6 is 0 Å². The largest absolute Gasteiger partial charge is 0.294 e. The molecule has 0 spiro atoms. The molecule has 0 saturated heterocycles. The average Bonchev–Trinajstić information content (AvgIpc) is 1.89. The van der Waals surface area contributed by atoms with Crippen LogP contribution in [-0.4, -0.2) is 25.0 Å². The van der Waals surface area contributed by atoms with Gasteiger partial charge in [0.05, 0.1) is 12.6 Å². The van der Waals surface area contributed by atoms with E-state index in [1.807, 2.05) is 7.05 Å². The minimum atomic E-state index is 0.559. The smallest absolute Gasteiger partial charge is 0.0863 e. The first-order valence-electron chi connectivity index (χ1n) is 3.86. The summed E-state index contributed by atoms with van der Waals surface area (Å²) in [5, 5.41) is 8.30. The summed E-state index contributed by atoms with van der Waals surface area (Å²) in [6.45, 7) is 3.80. The Morgan fingerprint density at radius 1 is 1.40 bits per heavy atom. The van der Waals surface area contributed by atoms with Crippen molar-refractivity contribution in [2.24, 2.45) is 0 Å². The van der Waals surface area contributed by atoms with Crippen LogP contribution in [0.2, 0.25) is 0 Å². The summed E-state index contributed by atoms with van der Waals surface area (Å²) in [5.74, 6) is 0. The summed E-state index contributed by atoms with van der Waals surface area (Å²) >= 11 is 0. The molecule has 2 nitrogen and oxygen atoms in total. The van der Waals surface area contributed by atoms with Gasteiger partial charge in [0.15, 0.2) is 0 Å². The molecule has 0 bridgehead atoms. The van der Waals surface area contributed by atoms with E-state index in [-0.39, 0.29) is 0 Å². The van der Waals surface area contributed by atoms with Gasteiger partial charge in [0.25, 0.3) is 0 Å². The number of rotatable bonds is 5. The molecular formula is C8H16N2. The van der Waals surface area contributed by atoms with Crippen molar-refractivity contribution in [2.45, 2.75) is 26.2 Å². The molecule has 0 radical (unpaired) electrons. The Balaban J connectivity index is 3.06. The normalized spacial score (nSPS) is 9.80. The van der Waals surface area contributed by atoms with Crippen molar-refractivity contribution in [1.29, 1.82) is 5.26 Å². The van der Waals surface area contributed by atoms with Gasteiger partial charge in [-0.05, 0) is 20.0 Å². The van der Waals surface area contributed by atoms with Crippen LogP contribution in [0.5, 0.6) is 0 Å². The van der Waals surface area contributed by atoms with E-state index in [0.29, 0.717) is 6.54 Å². The lowest BCUT2D eigenvalue weighted by Crippen LogP contribution is -2.19. The quantitative estimate of drug-likeness (QED) is 0.428. The Morgan fingerprint density at radius 3 is 2.60 bits per heavy atom. The van der Waals surface area contributed by atoms with E-state index in [1.165, 1.54) is 19.3 Å². The molecule has 0 aromatic rings. The summed E-state index contributed by atoms with van der Waals surface area (Å²) in [7, 11) is 1.98. The van der Waals surface area contributed by atoms with Gasteiger partial charge in [-0.2, -0.15) is 5.26 Å². The zero-order chi connectivity index (χ0) is 7.82. The van der Waals surface area contributed by atoms with Gasteiger partial charge in [-0.15, -0.1) is 0 Å². The Morgan fingerprint density at radius 2 is 2.10 bits per heavy atom. The predicted octanol–water partition coefficient (Wildman–Crippen LogP) is 1.63. The van der Waals surface area contributed by atoms with Crippen molar-refractivity contribution in [2.75, 3.05) is 20.1 Å². The van der Waals surface area contributed by atoms with E-state index in [9.17, 15) is 0 Å². The summed E-state index contributed by atoms with van der Waals surface area (Å²) in [5.41, 5.74) is 0. The van der Waals surface area contributed by atoms with Crippen LogP contribution in [0.15, 0.2) is 0 Å². The maximum Gasteiger partial charge on any atom is 0.0863 e. The molecule has 0 aromatic heterocycles. The highest BCUT2D eigenvalue weighted by Gasteiger charge is 1.93. The lowest BCUT2D eigenvalue weighted by Gasteiger charge is -2.10. The minimum absolute atomic E-state index is 0.559. The molecule has 0 unspecified atom stereocenters. The van der Waals surface area contributed by atoms with Gasteiger partial charge in [0.2, 0.25) is 0 Å². The van der Waals surface area contributed by atoms with Crippen LogP contribution in [0.25, 0.3) is 0 Å². The van der Waals surface area contributed by atoms with Gasteiger partial charge in [0, 0.05) is 0 Å². The van der Waals surface area contributed by atoms with Gasteiger partial charge in [-0.25, -0.2) is 0 Å². The molecule has 2 heteroatoms. The highest BCUT2D eigenvalue weighted by molar-refractivity contribution is 4.73. The number of hydrogen-bond donors (Lipinski definition) is 0. The Bertz CT molecular complexity index is 104. The first kappa shape index (κ1) is 9.45. The number of nitrogens with zero attached hydrogens (tertiary/aromatic N) is 2. The molecule has 0 aromatic carbocycles. The van der Waals surface area contributed by atoms with Crippen LogP contribution < -0.4 is 0 Å². The Labute approximate surface area is 63.4 Å². The fraction of sp³-hybridized carbons (Fsp3) is 0.875. The van der Waals surface area contributed by atoms with Crippen LogP contribution in [-0.2, 0) is 0 Å². The van der Waals surface area contributed by atoms with E-state index in [0.717, 1.165) is 6.54 Å². The van der Waals surface area contributed by atoms with E-state index in [2.05, 4.69) is 17.9 Å². The molecule has 0 atom stereocenters. The van der Waals surface area contributed by atoms with Gasteiger partial charge in [0.1, 0.15) is 0 Å². The van der Waals surface area contributed by atoms with Crippen molar-refractivity contribution in [1.82, 2.24) is 4.90 Å². The minimum Gasteiger partial charge on any atom is -0.294 e. The van der Waals surface area contributed by atoms with Crippen LogP contribution in [0.3, 0.4) is 0 Å².